The maximum absolute atomic E-state index is 14.3. The molecule has 6 atom stereocenters. The molecular formula is C99H111N12O14-3. The molecule has 14 rings (SSSR count). The summed E-state index contributed by atoms with van der Waals surface area (Å²) in [6, 6.07) is 14.6. The Labute approximate surface area is 727 Å². The number of aliphatic carboxylic acids is 2. The number of hydrogen-bond donors (Lipinski definition) is 4. The SMILES string of the molecule is CCC1=C(C)C2=NC1=Cc1c(C)c(C(=O)OC)c3n1Cn1c(c(C)c(/C=C/c4ccc(C)cc4)c1=C2)=CC1=NC(=C3CC(=O)OC)[C@@H](CCC(=O)N[C@@H](CCCCN)C(=O)OC)[C@@H]1C.CCC1=C(C)C2=NC1=Cc1c(C)c(C(=O)[O-])c3n1Cn1c(c(C)c(/C=C/c4ccc(C)cc4)c1=C2)=CC1=NC(=C3CC(=O)[O-])[C@@H](CCC(=O)N[C@@H](CCCCN)C(=O)[O-])[C@@H]1C. The zero-order chi connectivity index (χ0) is 89.8. The van der Waals surface area contributed by atoms with Crippen molar-refractivity contribution < 1.29 is 67.9 Å². The molecule has 26 nitrogen and oxygen atoms in total. The van der Waals surface area contributed by atoms with E-state index in [2.05, 4.69) is 150 Å². The second-order valence-electron chi connectivity index (χ2n) is 33.5. The topological polar surface area (TPSA) is 379 Å². The van der Waals surface area contributed by atoms with E-state index in [4.69, 9.17) is 45.6 Å². The fraction of sp³-hybridized carbons (Fsp3) is 0.394. The molecule has 8 aliphatic rings. The highest BCUT2D eigenvalue weighted by molar-refractivity contribution is 6.25. The predicted octanol–water partition coefficient (Wildman–Crippen LogP) is 8.40. The van der Waals surface area contributed by atoms with Gasteiger partial charge in [0.15, 0.2) is 0 Å². The molecular weight excluding hydrogens is 1580 g/mol. The number of benzene rings is 2. The summed E-state index contributed by atoms with van der Waals surface area (Å²) in [4.78, 5) is 127. The van der Waals surface area contributed by atoms with Gasteiger partial charge in [0.05, 0.1) is 108 Å². The number of aliphatic imine (C=N–C) groups is 4. The second-order valence-corrected chi connectivity index (χ2v) is 33.5. The van der Waals surface area contributed by atoms with E-state index in [1.807, 2.05) is 64.3 Å². The second kappa shape index (κ2) is 38.2. The normalized spacial score (nSPS) is 18.1. The van der Waals surface area contributed by atoms with Gasteiger partial charge < -0.3 is 84.3 Å². The van der Waals surface area contributed by atoms with E-state index in [1.165, 1.54) is 26.9 Å². The number of nitrogens with one attached hydrogen (secondary N) is 2. The summed E-state index contributed by atoms with van der Waals surface area (Å²) in [5.41, 5.74) is 33.0. The van der Waals surface area contributed by atoms with Gasteiger partial charge in [-0.2, -0.15) is 0 Å². The zero-order valence-corrected chi connectivity index (χ0v) is 74.0. The van der Waals surface area contributed by atoms with Crippen LogP contribution in [0.1, 0.15) is 231 Å². The number of aromatic carboxylic acids is 1. The number of esters is 3. The van der Waals surface area contributed by atoms with Gasteiger partial charge in [-0.05, 0) is 225 Å². The van der Waals surface area contributed by atoms with Crippen molar-refractivity contribution in [2.24, 2.45) is 55.1 Å². The Morgan fingerprint density at radius 3 is 1.34 bits per heavy atom. The molecule has 8 aliphatic heterocycles. The Bertz CT molecular complexity index is 6160. The lowest BCUT2D eigenvalue weighted by molar-refractivity contribution is -0.308. The van der Waals surface area contributed by atoms with Crippen LogP contribution in [0.3, 0.4) is 0 Å². The first-order valence-corrected chi connectivity index (χ1v) is 43.2. The number of methoxy groups -OCH3 is 3. The fourth-order valence-corrected chi connectivity index (χ4v) is 18.8. The molecule has 0 aliphatic carbocycles. The third-order valence-electron chi connectivity index (χ3n) is 25.8. The van der Waals surface area contributed by atoms with Gasteiger partial charge in [-0.25, -0.2) is 19.6 Å². The molecule has 12 bridgehead atoms. The summed E-state index contributed by atoms with van der Waals surface area (Å²) in [7, 11) is 4.00. The molecule has 0 saturated carbocycles. The number of ether oxygens (including phenoxy) is 3. The molecule has 2 aromatic carbocycles. The highest BCUT2D eigenvalue weighted by atomic mass is 16.5. The quantitative estimate of drug-likeness (QED) is 0.0187. The molecule has 2 amide bonds. The lowest BCUT2D eigenvalue weighted by Crippen LogP contribution is -2.48. The van der Waals surface area contributed by atoms with Crippen molar-refractivity contribution in [1.29, 1.82) is 0 Å². The molecule has 26 heteroatoms. The molecule has 0 radical (unpaired) electrons. The monoisotopic (exact) mass is 1690 g/mol. The van der Waals surface area contributed by atoms with Gasteiger partial charge in [-0.15, -0.1) is 0 Å². The summed E-state index contributed by atoms with van der Waals surface area (Å²) >= 11 is 0. The van der Waals surface area contributed by atoms with Crippen LogP contribution >= 0.6 is 0 Å². The number of nitrogens with zero attached hydrogens (tertiary/aromatic N) is 8. The minimum Gasteiger partial charge on any atom is -0.550 e. The summed E-state index contributed by atoms with van der Waals surface area (Å²) in [6.07, 6.45) is 24.7. The van der Waals surface area contributed by atoms with Gasteiger partial charge in [0.25, 0.3) is 0 Å². The lowest BCUT2D eigenvalue weighted by atomic mass is 9.83. The number of allylic oxidation sites excluding steroid dienone is 6. The number of amides is 2. The minimum atomic E-state index is -1.48. The van der Waals surface area contributed by atoms with Crippen molar-refractivity contribution in [1.82, 2.24) is 28.9 Å². The molecule has 125 heavy (non-hydrogen) atoms. The van der Waals surface area contributed by atoms with Crippen molar-refractivity contribution in [3.05, 3.63) is 205 Å². The average molecular weight is 1690 g/mol. The Kier molecular flexibility index (Phi) is 27.5. The van der Waals surface area contributed by atoms with Gasteiger partial charge in [0, 0.05) is 110 Å². The van der Waals surface area contributed by atoms with E-state index in [0.29, 0.717) is 114 Å². The molecule has 0 saturated heterocycles. The number of carboxylic acids is 3. The number of aromatic nitrogens is 4. The zero-order valence-electron chi connectivity index (χ0n) is 74.0. The van der Waals surface area contributed by atoms with Crippen molar-refractivity contribution in [3.8, 4) is 0 Å². The highest BCUT2D eigenvalue weighted by Gasteiger charge is 2.42. The number of fused-ring (bicyclic) bond motifs is 4. The summed E-state index contributed by atoms with van der Waals surface area (Å²) in [5.74, 6) is -8.24. The Morgan fingerprint density at radius 2 is 0.928 bits per heavy atom. The van der Waals surface area contributed by atoms with Crippen molar-refractivity contribution >= 4 is 142 Å². The number of carbonyl (C=O) groups excluding carboxylic acids is 8. The molecule has 6 aromatic rings. The van der Waals surface area contributed by atoms with E-state index in [1.54, 1.807) is 6.92 Å². The Hall–Kier alpha value is -12.7. The molecule has 12 heterocycles. The van der Waals surface area contributed by atoms with Gasteiger partial charge in [-0.3, -0.25) is 24.4 Å². The van der Waals surface area contributed by atoms with Crippen LogP contribution < -0.4 is 58.8 Å². The van der Waals surface area contributed by atoms with Gasteiger partial charge in [-0.1, -0.05) is 112 Å². The maximum atomic E-state index is 14.3. The number of carboxylic acid groups (broad SMARTS) is 3. The maximum Gasteiger partial charge on any atom is 0.340 e. The van der Waals surface area contributed by atoms with E-state index in [-0.39, 0.29) is 85.9 Å². The number of carbonyl (C=O) groups is 8. The van der Waals surface area contributed by atoms with Crippen molar-refractivity contribution in [2.75, 3.05) is 34.4 Å². The van der Waals surface area contributed by atoms with E-state index in [0.717, 1.165) is 118 Å². The van der Waals surface area contributed by atoms with Crippen molar-refractivity contribution in [3.63, 3.8) is 0 Å². The predicted molar refractivity (Wildman–Crippen MR) is 482 cm³/mol. The van der Waals surface area contributed by atoms with Crippen LogP contribution in [-0.2, 0) is 56.3 Å². The Morgan fingerprint density at radius 1 is 0.496 bits per heavy atom. The first-order valence-electron chi connectivity index (χ1n) is 43.2. The van der Waals surface area contributed by atoms with E-state index in [9.17, 15) is 53.7 Å². The molecule has 0 spiro atoms. The van der Waals surface area contributed by atoms with Crippen LogP contribution in [0.5, 0.6) is 0 Å². The third-order valence-corrected chi connectivity index (χ3v) is 25.8. The molecule has 4 aromatic heterocycles. The van der Waals surface area contributed by atoms with Gasteiger partial charge in [0.2, 0.25) is 11.8 Å². The molecule has 0 fully saturated rings. The van der Waals surface area contributed by atoms with Crippen LogP contribution in [-0.4, -0.2) is 135 Å². The minimum absolute atomic E-state index is 0.0620. The van der Waals surface area contributed by atoms with Gasteiger partial charge in [0.1, 0.15) is 19.4 Å². The fourth-order valence-electron chi connectivity index (χ4n) is 18.8. The molecule has 0 unspecified atom stereocenters. The van der Waals surface area contributed by atoms with Crippen LogP contribution in [0.4, 0.5) is 0 Å². The van der Waals surface area contributed by atoms with Crippen LogP contribution in [0.25, 0.3) is 71.9 Å². The first-order chi connectivity index (χ1) is 59.9. The van der Waals surface area contributed by atoms with Crippen LogP contribution in [0.15, 0.2) is 114 Å². The molecule has 654 valence electrons. The smallest absolute Gasteiger partial charge is 0.340 e. The number of unbranched alkanes of at least 4 members (excludes halogenated alkanes) is 2. The third kappa shape index (κ3) is 18.1. The van der Waals surface area contributed by atoms with Crippen LogP contribution in [0, 0.1) is 65.2 Å². The summed E-state index contributed by atoms with van der Waals surface area (Å²) < 4.78 is 24.2. The van der Waals surface area contributed by atoms with Crippen LogP contribution in [0.2, 0.25) is 0 Å². The van der Waals surface area contributed by atoms with Gasteiger partial charge >= 0.3 is 17.9 Å². The average Bonchev–Trinajstić information content (AvgIpc) is 1.57. The Balaban J connectivity index is 0.000000215. The lowest BCUT2D eigenvalue weighted by Gasteiger charge is -2.24. The number of aryl methyl sites for hydroxylation is 2. The number of rotatable bonds is 30. The summed E-state index contributed by atoms with van der Waals surface area (Å²) in [5, 5.41) is 47.1. The molecule has 6 N–H and O–H groups in total. The van der Waals surface area contributed by atoms with E-state index < -0.39 is 66.1 Å². The first kappa shape index (κ1) is 90.1. The summed E-state index contributed by atoms with van der Waals surface area (Å²) in [6.45, 7) is 25.4. The number of nitrogens with two attached hydrogens (primary N) is 2. The van der Waals surface area contributed by atoms with E-state index >= 15 is 0 Å². The highest BCUT2D eigenvalue weighted by Crippen LogP contribution is 2.47. The largest absolute Gasteiger partial charge is 0.550 e. The van der Waals surface area contributed by atoms with Crippen molar-refractivity contribution in [2.45, 2.75) is 198 Å². The standard InChI is InChI=1S/C51H60N6O7.C48H54N6O7/c1-10-34-29(3)39-25-44-35(19-18-33-16-14-28(2)15-17-33)31(5)42-24-40-30(4)36(20-21-45(58)54-38(50(60)63-8)13-11-12-22-52)48(55-40)37(23-46(59)62-7)49-47(51(61)64-9)32(6)43(26-41(34)53-39)57(49)27-56(42)44;1-7-31-26(3)36-22-41-32(16-15-30-13-11-25(2)12-14-30)28(5)39-21-37-27(4)33(17-18-42(55)51-35(47(58)59)10-8-9-19-49)45(52-37)34(20-43(56)57)46-44(48(60)61)29(6)40(23-38(31)50-36)54(46)24-53(39)41/h14-19,24-26,30,36,38H,10-13,20-23,27,52H2,1-9H3,(H,54,58);11-16,21-23,27,33,35H,7-10,17-20,24,49H2,1-6H3,(H,51,55)(H,56,57)(H,58,59)(H,60,61)/p-3/b19-18+,39-25?,40-24?,41-26?,42-24?,43-26?,44-25?,48-37?,49-37?;16-15+,36-22?,37-21?,38-23?,39-21?,40-23?,41-22?,45-34?,46-34?/t30-,36-,38-;27-,33-,35-/m00/s1. The number of hydrogen-bond acceptors (Lipinski definition) is 20.